The van der Waals surface area contributed by atoms with Gasteiger partial charge in [0.15, 0.2) is 0 Å². The molecule has 31 heavy (non-hydrogen) atoms. The third kappa shape index (κ3) is 5.12. The van der Waals surface area contributed by atoms with Crippen LogP contribution in [0.2, 0.25) is 5.02 Å². The normalized spacial score (nSPS) is 19.1. The van der Waals surface area contributed by atoms with Crippen LogP contribution in [0.3, 0.4) is 0 Å². The molecule has 1 aliphatic heterocycles. The minimum atomic E-state index is -0.249. The largest absolute Gasteiger partial charge is 0.331 e. The molecule has 1 aromatic heterocycles. The van der Waals surface area contributed by atoms with Crippen molar-refractivity contribution in [3.63, 3.8) is 0 Å². The number of nitrogens with zero attached hydrogens (tertiary/aromatic N) is 3. The summed E-state index contributed by atoms with van der Waals surface area (Å²) in [6, 6.07) is 6.23. The fourth-order valence-corrected chi connectivity index (χ4v) is 5.30. The van der Waals surface area contributed by atoms with Gasteiger partial charge in [0.1, 0.15) is 5.82 Å². The molecule has 168 valence electrons. The van der Waals surface area contributed by atoms with Crippen molar-refractivity contribution in [2.24, 2.45) is 13.0 Å². The summed E-state index contributed by atoms with van der Waals surface area (Å²) in [4.78, 5) is 28.0. The first-order valence-electron chi connectivity index (χ1n) is 11.4. The molecule has 2 fully saturated rings. The number of halogens is 2. The molecular weight excluding hydrogens is 417 g/mol. The van der Waals surface area contributed by atoms with E-state index in [9.17, 15) is 14.0 Å². The standard InChI is InChI=1S/C24H31ClFN3O2/c1-27-21(15-23(30)29(24(27)31)20-5-3-2-4-6-20)16-28-11-9-17(10-12-28)13-18-14-19(26)7-8-22(18)25/h7-8,14-15,17,20H,2-6,9-13,16H2,1H3. The summed E-state index contributed by atoms with van der Waals surface area (Å²) in [5.41, 5.74) is 1.29. The zero-order valence-corrected chi connectivity index (χ0v) is 18.9. The second-order valence-electron chi connectivity index (χ2n) is 9.14. The van der Waals surface area contributed by atoms with Crippen molar-refractivity contribution in [1.82, 2.24) is 14.0 Å². The van der Waals surface area contributed by atoms with Crippen LogP contribution in [0, 0.1) is 11.7 Å². The third-order valence-electron chi connectivity index (χ3n) is 7.00. The van der Waals surface area contributed by atoms with Crippen LogP contribution in [0.5, 0.6) is 0 Å². The SMILES string of the molecule is Cn1c(CN2CCC(Cc3cc(F)ccc3Cl)CC2)cc(=O)n(C2CCCCC2)c1=O. The summed E-state index contributed by atoms with van der Waals surface area (Å²) in [5, 5.41) is 0.623. The Morgan fingerprint density at radius 2 is 1.74 bits per heavy atom. The molecule has 0 N–H and O–H groups in total. The molecule has 1 aromatic carbocycles. The maximum atomic E-state index is 13.5. The highest BCUT2D eigenvalue weighted by atomic mass is 35.5. The molecule has 1 saturated heterocycles. The molecular formula is C24H31ClFN3O2. The summed E-state index contributed by atoms with van der Waals surface area (Å²) in [5.74, 6) is 0.208. The molecule has 0 unspecified atom stereocenters. The first kappa shape index (κ1) is 22.3. The number of benzene rings is 1. The van der Waals surface area contributed by atoms with Crippen molar-refractivity contribution in [1.29, 1.82) is 0 Å². The quantitative estimate of drug-likeness (QED) is 0.686. The molecule has 4 rings (SSSR count). The lowest BCUT2D eigenvalue weighted by Crippen LogP contribution is -2.44. The molecule has 2 aliphatic rings. The van der Waals surface area contributed by atoms with Crippen molar-refractivity contribution in [3.8, 4) is 0 Å². The van der Waals surface area contributed by atoms with Crippen molar-refractivity contribution in [2.45, 2.75) is 64.0 Å². The molecule has 0 bridgehead atoms. The molecule has 0 atom stereocenters. The van der Waals surface area contributed by atoms with Crippen LogP contribution in [-0.2, 0) is 20.0 Å². The van der Waals surface area contributed by atoms with Gasteiger partial charge in [-0.15, -0.1) is 0 Å². The van der Waals surface area contributed by atoms with Crippen LogP contribution in [0.1, 0.15) is 62.2 Å². The van der Waals surface area contributed by atoms with Crippen molar-refractivity contribution < 1.29 is 4.39 Å². The molecule has 5 nitrogen and oxygen atoms in total. The summed E-state index contributed by atoms with van der Waals surface area (Å²) < 4.78 is 16.7. The Hall–Kier alpha value is -1.92. The average molecular weight is 448 g/mol. The van der Waals surface area contributed by atoms with Gasteiger partial charge in [-0.1, -0.05) is 30.9 Å². The maximum Gasteiger partial charge on any atom is 0.331 e. The van der Waals surface area contributed by atoms with Crippen LogP contribution in [0.15, 0.2) is 33.9 Å². The Morgan fingerprint density at radius 3 is 2.45 bits per heavy atom. The van der Waals surface area contributed by atoms with E-state index in [1.807, 2.05) is 0 Å². The zero-order valence-electron chi connectivity index (χ0n) is 18.2. The summed E-state index contributed by atoms with van der Waals surface area (Å²) >= 11 is 6.23. The lowest BCUT2D eigenvalue weighted by atomic mass is 9.90. The average Bonchev–Trinajstić information content (AvgIpc) is 2.76. The lowest BCUT2D eigenvalue weighted by molar-refractivity contribution is 0.173. The molecule has 1 saturated carbocycles. The predicted molar refractivity (Wildman–Crippen MR) is 121 cm³/mol. The second kappa shape index (κ2) is 9.70. The van der Waals surface area contributed by atoms with Crippen LogP contribution >= 0.6 is 11.6 Å². The minimum absolute atomic E-state index is 0.0411. The van der Waals surface area contributed by atoms with Crippen LogP contribution < -0.4 is 11.2 Å². The number of likely N-dealkylation sites (tertiary alicyclic amines) is 1. The van der Waals surface area contributed by atoms with E-state index in [0.717, 1.165) is 69.3 Å². The van der Waals surface area contributed by atoms with Crippen LogP contribution in [-0.4, -0.2) is 27.1 Å². The van der Waals surface area contributed by atoms with E-state index in [-0.39, 0.29) is 23.1 Å². The van der Waals surface area contributed by atoms with Crippen molar-refractivity contribution >= 4 is 11.6 Å². The van der Waals surface area contributed by atoms with E-state index in [1.165, 1.54) is 23.1 Å². The van der Waals surface area contributed by atoms with Gasteiger partial charge in [-0.25, -0.2) is 9.18 Å². The van der Waals surface area contributed by atoms with Gasteiger partial charge < -0.3 is 0 Å². The van der Waals surface area contributed by atoms with Gasteiger partial charge in [0.25, 0.3) is 5.56 Å². The van der Waals surface area contributed by atoms with Crippen molar-refractivity contribution in [2.75, 3.05) is 13.1 Å². The summed E-state index contributed by atoms with van der Waals surface area (Å²) in [6.07, 6.45) is 7.93. The number of aromatic nitrogens is 2. The number of rotatable bonds is 5. The van der Waals surface area contributed by atoms with Gasteiger partial charge >= 0.3 is 5.69 Å². The maximum absolute atomic E-state index is 13.5. The van der Waals surface area contributed by atoms with Crippen molar-refractivity contribution in [3.05, 3.63) is 67.2 Å². The Balaban J connectivity index is 1.40. The van der Waals surface area contributed by atoms with E-state index in [1.54, 1.807) is 23.7 Å². The summed E-state index contributed by atoms with van der Waals surface area (Å²) in [6.45, 7) is 2.37. The third-order valence-corrected chi connectivity index (χ3v) is 7.37. The number of hydrogen-bond acceptors (Lipinski definition) is 3. The minimum Gasteiger partial charge on any atom is -0.299 e. The summed E-state index contributed by atoms with van der Waals surface area (Å²) in [7, 11) is 1.77. The van der Waals surface area contributed by atoms with E-state index < -0.39 is 0 Å². The van der Waals surface area contributed by atoms with Gasteiger partial charge in [0, 0.05) is 36.4 Å². The highest BCUT2D eigenvalue weighted by Crippen LogP contribution is 2.27. The molecule has 0 spiro atoms. The first-order valence-corrected chi connectivity index (χ1v) is 11.8. The molecule has 0 radical (unpaired) electrons. The zero-order chi connectivity index (χ0) is 22.0. The van der Waals surface area contributed by atoms with Gasteiger partial charge in [-0.3, -0.25) is 18.8 Å². The Bertz CT molecular complexity index is 1030. The molecule has 7 heteroatoms. The van der Waals surface area contributed by atoms with E-state index in [0.29, 0.717) is 17.5 Å². The molecule has 0 amide bonds. The topological polar surface area (TPSA) is 47.2 Å². The Morgan fingerprint density at radius 1 is 1.03 bits per heavy atom. The van der Waals surface area contributed by atoms with Gasteiger partial charge in [-0.2, -0.15) is 0 Å². The number of hydrogen-bond donors (Lipinski definition) is 0. The smallest absolute Gasteiger partial charge is 0.299 e. The van der Waals surface area contributed by atoms with Gasteiger partial charge in [0.05, 0.1) is 0 Å². The Labute approximate surface area is 187 Å². The van der Waals surface area contributed by atoms with E-state index in [2.05, 4.69) is 4.90 Å². The molecule has 1 aliphatic carbocycles. The lowest BCUT2D eigenvalue weighted by Gasteiger charge is -2.32. The molecule has 2 heterocycles. The highest BCUT2D eigenvalue weighted by molar-refractivity contribution is 6.31. The van der Waals surface area contributed by atoms with E-state index in [4.69, 9.17) is 11.6 Å². The number of piperidine rings is 1. The fourth-order valence-electron chi connectivity index (χ4n) is 5.10. The first-order chi connectivity index (χ1) is 14.9. The van der Waals surface area contributed by atoms with Crippen LogP contribution in [0.25, 0.3) is 0 Å². The second-order valence-corrected chi connectivity index (χ2v) is 9.54. The van der Waals surface area contributed by atoms with E-state index >= 15 is 0 Å². The van der Waals surface area contributed by atoms with Gasteiger partial charge in [0.2, 0.25) is 0 Å². The fraction of sp³-hybridized carbons (Fsp3) is 0.583. The van der Waals surface area contributed by atoms with Gasteiger partial charge in [-0.05, 0) is 74.9 Å². The van der Waals surface area contributed by atoms with Crippen LogP contribution in [0.4, 0.5) is 4.39 Å². The monoisotopic (exact) mass is 447 g/mol. The molecule has 2 aromatic rings. The highest BCUT2D eigenvalue weighted by Gasteiger charge is 2.23. The predicted octanol–water partition coefficient (Wildman–Crippen LogP) is 4.30. The Kier molecular flexibility index (Phi) is 6.97.